The van der Waals surface area contributed by atoms with Crippen LogP contribution in [0.2, 0.25) is 0 Å². The van der Waals surface area contributed by atoms with Crippen LogP contribution >= 0.6 is 11.3 Å². The number of amides is 1. The van der Waals surface area contributed by atoms with E-state index in [2.05, 4.69) is 25.3 Å². The molecule has 0 aromatic carbocycles. The zero-order chi connectivity index (χ0) is 17.7. The van der Waals surface area contributed by atoms with Crippen molar-refractivity contribution in [2.75, 3.05) is 13.2 Å². The smallest absolute Gasteiger partial charge is 0.335 e. The second kappa shape index (κ2) is 8.62. The van der Waals surface area contributed by atoms with E-state index in [1.807, 2.05) is 0 Å². The first-order valence-electron chi connectivity index (χ1n) is 8.54. The van der Waals surface area contributed by atoms with Gasteiger partial charge in [-0.1, -0.05) is 13.8 Å². The fourth-order valence-corrected chi connectivity index (χ4v) is 3.45. The highest BCUT2D eigenvalue weighted by Gasteiger charge is 2.28. The highest BCUT2D eigenvalue weighted by Crippen LogP contribution is 2.24. The lowest BCUT2D eigenvalue weighted by Crippen LogP contribution is -2.43. The SMILES string of the molecule is CC(C)CCOC(C)C(=O)OC(C)C(=O)N1CCc2sccc2C1. The largest absolute Gasteiger partial charge is 0.451 e. The van der Waals surface area contributed by atoms with Crippen LogP contribution in [-0.4, -0.2) is 42.1 Å². The van der Waals surface area contributed by atoms with Crippen LogP contribution in [0.1, 0.15) is 44.6 Å². The van der Waals surface area contributed by atoms with Gasteiger partial charge in [0.1, 0.15) is 0 Å². The first-order chi connectivity index (χ1) is 11.4. The Balaban J connectivity index is 1.80. The van der Waals surface area contributed by atoms with E-state index in [1.54, 1.807) is 30.1 Å². The molecule has 0 fully saturated rings. The number of carbonyl (C=O) groups is 2. The van der Waals surface area contributed by atoms with Gasteiger partial charge in [0.25, 0.3) is 5.91 Å². The molecular formula is C18H27NO4S. The Morgan fingerprint density at radius 3 is 2.71 bits per heavy atom. The maximum atomic E-state index is 12.5. The van der Waals surface area contributed by atoms with E-state index in [1.165, 1.54) is 10.4 Å². The molecule has 5 nitrogen and oxygen atoms in total. The Labute approximate surface area is 147 Å². The minimum absolute atomic E-state index is 0.144. The predicted octanol–water partition coefficient (Wildman–Crippen LogP) is 3.02. The monoisotopic (exact) mass is 353 g/mol. The number of ether oxygens (including phenoxy) is 2. The Morgan fingerprint density at radius 2 is 2.00 bits per heavy atom. The van der Waals surface area contributed by atoms with Gasteiger partial charge in [-0.3, -0.25) is 4.79 Å². The van der Waals surface area contributed by atoms with Gasteiger partial charge in [-0.25, -0.2) is 4.79 Å². The lowest BCUT2D eigenvalue weighted by atomic mass is 10.1. The normalized spacial score (nSPS) is 16.6. The van der Waals surface area contributed by atoms with Crippen molar-refractivity contribution in [1.29, 1.82) is 0 Å². The minimum Gasteiger partial charge on any atom is -0.451 e. The van der Waals surface area contributed by atoms with E-state index in [0.29, 0.717) is 25.6 Å². The van der Waals surface area contributed by atoms with Crippen LogP contribution in [-0.2, 0) is 32.0 Å². The van der Waals surface area contributed by atoms with Crippen molar-refractivity contribution in [3.63, 3.8) is 0 Å². The number of rotatable bonds is 7. The third-order valence-electron chi connectivity index (χ3n) is 4.16. The van der Waals surface area contributed by atoms with Gasteiger partial charge in [-0.05, 0) is 49.6 Å². The van der Waals surface area contributed by atoms with Gasteiger partial charge in [0.2, 0.25) is 0 Å². The van der Waals surface area contributed by atoms with Crippen molar-refractivity contribution in [3.05, 3.63) is 21.9 Å². The first kappa shape index (κ1) is 18.9. The fraction of sp³-hybridized carbons (Fsp3) is 0.667. The van der Waals surface area contributed by atoms with Crippen LogP contribution in [0.5, 0.6) is 0 Å². The summed E-state index contributed by atoms with van der Waals surface area (Å²) in [6.07, 6.45) is 0.328. The van der Waals surface area contributed by atoms with E-state index in [4.69, 9.17) is 9.47 Å². The van der Waals surface area contributed by atoms with Gasteiger partial charge in [0.15, 0.2) is 12.2 Å². The zero-order valence-electron chi connectivity index (χ0n) is 14.9. The first-order valence-corrected chi connectivity index (χ1v) is 9.42. The predicted molar refractivity (Wildman–Crippen MR) is 93.9 cm³/mol. The average molecular weight is 353 g/mol. The molecule has 0 radical (unpaired) electrons. The van der Waals surface area contributed by atoms with Crippen molar-refractivity contribution in [2.45, 2.75) is 59.3 Å². The van der Waals surface area contributed by atoms with Gasteiger partial charge in [-0.15, -0.1) is 11.3 Å². The standard InChI is InChI=1S/C18H27NO4S/c1-12(2)6-9-22-14(4)18(21)23-13(3)17(20)19-8-5-16-15(11-19)7-10-24-16/h7,10,12-14H,5-6,8-9,11H2,1-4H3. The van der Waals surface area contributed by atoms with Crippen LogP contribution in [0, 0.1) is 5.92 Å². The van der Waals surface area contributed by atoms with Crippen LogP contribution in [0.15, 0.2) is 11.4 Å². The molecule has 0 saturated heterocycles. The molecule has 0 N–H and O–H groups in total. The maximum Gasteiger partial charge on any atom is 0.335 e. The van der Waals surface area contributed by atoms with Gasteiger partial charge < -0.3 is 14.4 Å². The molecule has 2 unspecified atom stereocenters. The molecule has 6 heteroatoms. The second-order valence-corrected chi connectivity index (χ2v) is 7.65. The van der Waals surface area contributed by atoms with Gasteiger partial charge >= 0.3 is 5.97 Å². The Hall–Kier alpha value is -1.40. The van der Waals surface area contributed by atoms with Crippen LogP contribution < -0.4 is 0 Å². The van der Waals surface area contributed by atoms with E-state index in [0.717, 1.165) is 12.8 Å². The number of nitrogens with zero attached hydrogens (tertiary/aromatic N) is 1. The number of fused-ring (bicyclic) bond motifs is 1. The second-order valence-electron chi connectivity index (χ2n) is 6.65. The van der Waals surface area contributed by atoms with Crippen molar-refractivity contribution < 1.29 is 19.1 Å². The molecule has 1 aromatic rings. The van der Waals surface area contributed by atoms with Gasteiger partial charge in [0.05, 0.1) is 0 Å². The Bertz CT molecular complexity index is 569. The third-order valence-corrected chi connectivity index (χ3v) is 5.18. The molecule has 1 amide bonds. The number of esters is 1. The highest BCUT2D eigenvalue weighted by atomic mass is 32.1. The zero-order valence-corrected chi connectivity index (χ0v) is 15.7. The van der Waals surface area contributed by atoms with E-state index < -0.39 is 18.2 Å². The Kier molecular flexibility index (Phi) is 6.80. The number of hydrogen-bond acceptors (Lipinski definition) is 5. The molecule has 1 aliphatic rings. The van der Waals surface area contributed by atoms with E-state index in [-0.39, 0.29) is 5.91 Å². The lowest BCUT2D eigenvalue weighted by Gasteiger charge is -2.29. The fourth-order valence-electron chi connectivity index (χ4n) is 2.56. The quantitative estimate of drug-likeness (QED) is 0.707. The minimum atomic E-state index is -0.783. The average Bonchev–Trinajstić information content (AvgIpc) is 3.00. The van der Waals surface area contributed by atoms with Gasteiger partial charge in [0, 0.05) is 24.6 Å². The van der Waals surface area contributed by atoms with E-state index in [9.17, 15) is 9.59 Å². The van der Waals surface area contributed by atoms with Gasteiger partial charge in [-0.2, -0.15) is 0 Å². The van der Waals surface area contributed by atoms with E-state index >= 15 is 0 Å². The van der Waals surface area contributed by atoms with Crippen LogP contribution in [0.3, 0.4) is 0 Å². The molecule has 2 atom stereocenters. The van der Waals surface area contributed by atoms with Crippen molar-refractivity contribution in [2.24, 2.45) is 5.92 Å². The summed E-state index contributed by atoms with van der Waals surface area (Å²) in [6, 6.07) is 2.06. The topological polar surface area (TPSA) is 55.8 Å². The molecule has 0 spiro atoms. The summed E-state index contributed by atoms with van der Waals surface area (Å²) in [6.45, 7) is 9.29. The number of hydrogen-bond donors (Lipinski definition) is 0. The number of carbonyl (C=O) groups excluding carboxylic acids is 2. The third kappa shape index (κ3) is 5.05. The molecule has 1 aromatic heterocycles. The molecule has 0 saturated carbocycles. The highest BCUT2D eigenvalue weighted by molar-refractivity contribution is 7.10. The molecular weight excluding hydrogens is 326 g/mol. The number of thiophene rings is 1. The summed E-state index contributed by atoms with van der Waals surface area (Å²) in [5.74, 6) is -0.0998. The molecule has 0 bridgehead atoms. The molecule has 134 valence electrons. The summed E-state index contributed by atoms with van der Waals surface area (Å²) in [5, 5.41) is 2.05. The van der Waals surface area contributed by atoms with Crippen molar-refractivity contribution in [1.82, 2.24) is 4.90 Å². The van der Waals surface area contributed by atoms with Crippen LogP contribution in [0.25, 0.3) is 0 Å². The van der Waals surface area contributed by atoms with Crippen LogP contribution in [0.4, 0.5) is 0 Å². The summed E-state index contributed by atoms with van der Waals surface area (Å²) < 4.78 is 10.8. The summed E-state index contributed by atoms with van der Waals surface area (Å²) in [5.41, 5.74) is 1.20. The lowest BCUT2D eigenvalue weighted by molar-refractivity contribution is -0.168. The molecule has 24 heavy (non-hydrogen) atoms. The maximum absolute atomic E-state index is 12.5. The summed E-state index contributed by atoms with van der Waals surface area (Å²) in [7, 11) is 0. The summed E-state index contributed by atoms with van der Waals surface area (Å²) in [4.78, 5) is 27.7. The summed E-state index contributed by atoms with van der Waals surface area (Å²) >= 11 is 1.73. The molecule has 2 heterocycles. The Morgan fingerprint density at radius 1 is 1.25 bits per heavy atom. The molecule has 1 aliphatic heterocycles. The molecule has 0 aliphatic carbocycles. The molecule has 2 rings (SSSR count). The van der Waals surface area contributed by atoms with Crippen molar-refractivity contribution in [3.8, 4) is 0 Å². The van der Waals surface area contributed by atoms with Crippen molar-refractivity contribution >= 4 is 23.2 Å².